The van der Waals surface area contributed by atoms with Gasteiger partial charge in [0.05, 0.1) is 11.9 Å². The zero-order valence-corrected chi connectivity index (χ0v) is 10.2. The Balaban J connectivity index is 2.25. The molecule has 0 aliphatic rings. The zero-order valence-electron chi connectivity index (χ0n) is 10.2. The van der Waals surface area contributed by atoms with E-state index in [2.05, 4.69) is 15.6 Å². The monoisotopic (exact) mass is 260 g/mol. The number of nitrogens with one attached hydrogen (secondary N) is 1. The van der Waals surface area contributed by atoms with Crippen molar-refractivity contribution in [2.75, 3.05) is 5.32 Å². The largest absolute Gasteiger partial charge is 0.480 e. The normalized spacial score (nSPS) is 10.2. The smallest absolute Gasteiger partial charge is 0.325 e. The number of aliphatic carboxylic acids is 1. The van der Waals surface area contributed by atoms with Gasteiger partial charge < -0.3 is 10.4 Å². The number of amides is 1. The molecule has 19 heavy (non-hydrogen) atoms. The molecule has 1 heterocycles. The van der Waals surface area contributed by atoms with Crippen molar-refractivity contribution in [3.05, 3.63) is 30.5 Å². The SMILES string of the molecule is CC(=O)Nc1ccc(-c2cnnn2CC(=O)O)cc1. The molecule has 2 aromatic rings. The summed E-state index contributed by atoms with van der Waals surface area (Å²) in [6.07, 6.45) is 1.50. The molecule has 0 saturated heterocycles. The van der Waals surface area contributed by atoms with Crippen molar-refractivity contribution in [1.29, 1.82) is 0 Å². The first kappa shape index (κ1) is 12.7. The van der Waals surface area contributed by atoms with E-state index in [0.29, 0.717) is 11.4 Å². The van der Waals surface area contributed by atoms with Crippen molar-refractivity contribution in [1.82, 2.24) is 15.0 Å². The molecule has 1 amide bonds. The molecule has 98 valence electrons. The van der Waals surface area contributed by atoms with E-state index in [0.717, 1.165) is 5.56 Å². The van der Waals surface area contributed by atoms with Crippen molar-refractivity contribution in [3.63, 3.8) is 0 Å². The number of benzene rings is 1. The Bertz CT molecular complexity index is 604. The van der Waals surface area contributed by atoms with Crippen LogP contribution < -0.4 is 5.32 Å². The molecule has 0 saturated carbocycles. The Morgan fingerprint density at radius 2 is 2.00 bits per heavy atom. The maximum absolute atomic E-state index is 10.9. The van der Waals surface area contributed by atoms with Crippen LogP contribution >= 0.6 is 0 Å². The Morgan fingerprint density at radius 1 is 1.32 bits per heavy atom. The fourth-order valence-corrected chi connectivity index (χ4v) is 1.65. The number of rotatable bonds is 4. The topological polar surface area (TPSA) is 97.1 Å². The van der Waals surface area contributed by atoms with Gasteiger partial charge in [-0.25, -0.2) is 4.68 Å². The molecule has 7 nitrogen and oxygen atoms in total. The van der Waals surface area contributed by atoms with Gasteiger partial charge in [-0.2, -0.15) is 0 Å². The average molecular weight is 260 g/mol. The van der Waals surface area contributed by atoms with Crippen LogP contribution in [0.2, 0.25) is 0 Å². The fraction of sp³-hybridized carbons (Fsp3) is 0.167. The summed E-state index contributed by atoms with van der Waals surface area (Å²) in [5, 5.41) is 18.8. The molecule has 0 unspecified atom stereocenters. The standard InChI is InChI=1S/C12H12N4O3/c1-8(17)14-10-4-2-9(3-5-10)11-6-13-15-16(11)7-12(18)19/h2-6H,7H2,1H3,(H,14,17)(H,18,19). The van der Waals surface area contributed by atoms with E-state index in [1.165, 1.54) is 17.8 Å². The molecule has 0 bridgehead atoms. The predicted molar refractivity (Wildman–Crippen MR) is 67.4 cm³/mol. The van der Waals surface area contributed by atoms with Gasteiger partial charge in [0.15, 0.2) is 0 Å². The lowest BCUT2D eigenvalue weighted by molar-refractivity contribution is -0.137. The molecule has 1 aromatic heterocycles. The van der Waals surface area contributed by atoms with Crippen LogP contribution in [0.3, 0.4) is 0 Å². The van der Waals surface area contributed by atoms with E-state index in [-0.39, 0.29) is 12.5 Å². The van der Waals surface area contributed by atoms with Gasteiger partial charge >= 0.3 is 5.97 Å². The maximum Gasteiger partial charge on any atom is 0.325 e. The summed E-state index contributed by atoms with van der Waals surface area (Å²) >= 11 is 0. The minimum atomic E-state index is -0.985. The Hall–Kier alpha value is -2.70. The summed E-state index contributed by atoms with van der Waals surface area (Å²) in [5.74, 6) is -1.13. The lowest BCUT2D eigenvalue weighted by Crippen LogP contribution is -2.11. The quantitative estimate of drug-likeness (QED) is 0.854. The number of carbonyl (C=O) groups is 2. The fourth-order valence-electron chi connectivity index (χ4n) is 1.65. The predicted octanol–water partition coefficient (Wildman–Crippen LogP) is 0.988. The molecule has 0 radical (unpaired) electrons. The van der Waals surface area contributed by atoms with Gasteiger partial charge in [0, 0.05) is 18.2 Å². The minimum absolute atomic E-state index is 0.148. The zero-order chi connectivity index (χ0) is 13.8. The Morgan fingerprint density at radius 3 is 2.58 bits per heavy atom. The lowest BCUT2D eigenvalue weighted by atomic mass is 10.1. The number of hydrogen-bond acceptors (Lipinski definition) is 4. The van der Waals surface area contributed by atoms with Crippen LogP contribution in [-0.4, -0.2) is 32.0 Å². The Labute approximate surface area is 108 Å². The number of aromatic nitrogens is 3. The second-order valence-electron chi connectivity index (χ2n) is 3.93. The van der Waals surface area contributed by atoms with Crippen LogP contribution in [-0.2, 0) is 16.1 Å². The number of carbonyl (C=O) groups excluding carboxylic acids is 1. The van der Waals surface area contributed by atoms with Gasteiger partial charge in [-0.15, -0.1) is 5.10 Å². The van der Waals surface area contributed by atoms with Crippen LogP contribution in [0.4, 0.5) is 5.69 Å². The van der Waals surface area contributed by atoms with E-state index in [9.17, 15) is 9.59 Å². The maximum atomic E-state index is 10.9. The third kappa shape index (κ3) is 3.15. The Kier molecular flexibility index (Phi) is 3.56. The highest BCUT2D eigenvalue weighted by atomic mass is 16.4. The van der Waals surface area contributed by atoms with E-state index in [1.807, 2.05) is 0 Å². The summed E-state index contributed by atoms with van der Waals surface area (Å²) in [4.78, 5) is 21.6. The first-order valence-electron chi connectivity index (χ1n) is 5.54. The van der Waals surface area contributed by atoms with E-state index in [4.69, 9.17) is 5.11 Å². The molecule has 2 rings (SSSR count). The number of nitrogens with zero attached hydrogens (tertiary/aromatic N) is 3. The van der Waals surface area contributed by atoms with Gasteiger partial charge in [-0.1, -0.05) is 17.3 Å². The number of carboxylic acid groups (broad SMARTS) is 1. The van der Waals surface area contributed by atoms with E-state index >= 15 is 0 Å². The summed E-state index contributed by atoms with van der Waals surface area (Å²) in [6.45, 7) is 1.18. The molecule has 0 aliphatic carbocycles. The van der Waals surface area contributed by atoms with Gasteiger partial charge in [-0.05, 0) is 12.1 Å². The van der Waals surface area contributed by atoms with Crippen molar-refractivity contribution < 1.29 is 14.7 Å². The molecule has 0 spiro atoms. The van der Waals surface area contributed by atoms with Crippen LogP contribution in [0.15, 0.2) is 30.5 Å². The van der Waals surface area contributed by atoms with E-state index in [1.54, 1.807) is 24.3 Å². The third-order valence-corrected chi connectivity index (χ3v) is 2.40. The van der Waals surface area contributed by atoms with Crippen molar-refractivity contribution in [2.45, 2.75) is 13.5 Å². The second kappa shape index (κ2) is 5.30. The number of anilines is 1. The molecule has 0 atom stereocenters. The van der Waals surface area contributed by atoms with Crippen molar-refractivity contribution in [3.8, 4) is 11.3 Å². The van der Waals surface area contributed by atoms with Gasteiger partial charge in [0.25, 0.3) is 0 Å². The third-order valence-electron chi connectivity index (χ3n) is 2.40. The molecular formula is C12H12N4O3. The van der Waals surface area contributed by atoms with Crippen LogP contribution in [0.25, 0.3) is 11.3 Å². The average Bonchev–Trinajstić information content (AvgIpc) is 2.76. The van der Waals surface area contributed by atoms with Gasteiger partial charge in [0.1, 0.15) is 6.54 Å². The number of hydrogen-bond donors (Lipinski definition) is 2. The molecule has 1 aromatic carbocycles. The van der Waals surface area contributed by atoms with Crippen molar-refractivity contribution in [2.24, 2.45) is 0 Å². The van der Waals surface area contributed by atoms with Crippen molar-refractivity contribution >= 4 is 17.6 Å². The number of carboxylic acids is 1. The molecule has 7 heteroatoms. The lowest BCUT2D eigenvalue weighted by Gasteiger charge is -2.05. The molecule has 0 fully saturated rings. The van der Waals surface area contributed by atoms with Gasteiger partial charge in [-0.3, -0.25) is 9.59 Å². The van der Waals surface area contributed by atoms with Crippen LogP contribution in [0.5, 0.6) is 0 Å². The molecule has 2 N–H and O–H groups in total. The summed E-state index contributed by atoms with van der Waals surface area (Å²) in [6, 6.07) is 6.99. The van der Waals surface area contributed by atoms with E-state index < -0.39 is 5.97 Å². The highest BCUT2D eigenvalue weighted by Gasteiger charge is 2.09. The first-order valence-corrected chi connectivity index (χ1v) is 5.54. The first-order chi connectivity index (χ1) is 9.06. The molecular weight excluding hydrogens is 248 g/mol. The summed E-state index contributed by atoms with van der Waals surface area (Å²) < 4.78 is 1.30. The van der Waals surface area contributed by atoms with Crippen LogP contribution in [0.1, 0.15) is 6.92 Å². The summed E-state index contributed by atoms with van der Waals surface area (Å²) in [7, 11) is 0. The van der Waals surface area contributed by atoms with Gasteiger partial charge in [0.2, 0.25) is 5.91 Å². The highest BCUT2D eigenvalue weighted by molar-refractivity contribution is 5.88. The summed E-state index contributed by atoms with van der Waals surface area (Å²) in [5.41, 5.74) is 2.06. The molecule has 0 aliphatic heterocycles. The highest BCUT2D eigenvalue weighted by Crippen LogP contribution is 2.20. The second-order valence-corrected chi connectivity index (χ2v) is 3.93. The van der Waals surface area contributed by atoms with Crippen LogP contribution in [0, 0.1) is 0 Å². The minimum Gasteiger partial charge on any atom is -0.480 e.